The third kappa shape index (κ3) is 4.20. The van der Waals surface area contributed by atoms with E-state index in [9.17, 15) is 4.79 Å². The number of carbonyl (C=O) groups excluding carboxylic acids is 1. The van der Waals surface area contributed by atoms with E-state index in [1.165, 1.54) is 0 Å². The van der Waals surface area contributed by atoms with E-state index >= 15 is 0 Å². The SMILES string of the molecule is Cc1nc(Nc2ncc(C)s2)cc([C@H]2CCCN2C(=O)Cc2ccccc2)n1. The Morgan fingerprint density at radius 3 is 2.82 bits per heavy atom. The van der Waals surface area contributed by atoms with Gasteiger partial charge in [-0.05, 0) is 32.3 Å². The summed E-state index contributed by atoms with van der Waals surface area (Å²) < 4.78 is 0. The van der Waals surface area contributed by atoms with Crippen molar-refractivity contribution in [1.82, 2.24) is 19.9 Å². The zero-order valence-corrected chi connectivity index (χ0v) is 16.9. The van der Waals surface area contributed by atoms with Crippen LogP contribution in [0.2, 0.25) is 0 Å². The molecule has 0 saturated carbocycles. The highest BCUT2D eigenvalue weighted by Gasteiger charge is 2.31. The van der Waals surface area contributed by atoms with Crippen molar-refractivity contribution in [3.63, 3.8) is 0 Å². The number of anilines is 2. The van der Waals surface area contributed by atoms with Crippen molar-refractivity contribution in [2.45, 2.75) is 39.2 Å². The van der Waals surface area contributed by atoms with Gasteiger partial charge in [-0.1, -0.05) is 30.3 Å². The van der Waals surface area contributed by atoms with Crippen LogP contribution in [0, 0.1) is 13.8 Å². The molecule has 1 amide bonds. The minimum Gasteiger partial charge on any atom is -0.334 e. The van der Waals surface area contributed by atoms with Gasteiger partial charge in [-0.25, -0.2) is 15.0 Å². The highest BCUT2D eigenvalue weighted by atomic mass is 32.1. The van der Waals surface area contributed by atoms with Crippen molar-refractivity contribution in [3.8, 4) is 0 Å². The van der Waals surface area contributed by atoms with E-state index in [1.54, 1.807) is 11.3 Å². The lowest BCUT2D eigenvalue weighted by Crippen LogP contribution is -2.32. The summed E-state index contributed by atoms with van der Waals surface area (Å²) in [6.45, 7) is 4.68. The van der Waals surface area contributed by atoms with Crippen molar-refractivity contribution in [1.29, 1.82) is 0 Å². The maximum Gasteiger partial charge on any atom is 0.227 e. The number of nitrogens with zero attached hydrogens (tertiary/aromatic N) is 4. The lowest BCUT2D eigenvalue weighted by Gasteiger charge is -2.25. The molecular weight excluding hydrogens is 370 g/mol. The fraction of sp³-hybridized carbons (Fsp3) is 0.333. The quantitative estimate of drug-likeness (QED) is 0.703. The Balaban J connectivity index is 1.54. The van der Waals surface area contributed by atoms with E-state index in [4.69, 9.17) is 0 Å². The fourth-order valence-corrected chi connectivity index (χ4v) is 4.26. The van der Waals surface area contributed by atoms with Crippen LogP contribution in [0.5, 0.6) is 0 Å². The summed E-state index contributed by atoms with van der Waals surface area (Å²) in [6, 6.07) is 11.8. The van der Waals surface area contributed by atoms with Crippen LogP contribution < -0.4 is 5.32 Å². The van der Waals surface area contributed by atoms with E-state index in [2.05, 4.69) is 20.3 Å². The number of amides is 1. The molecule has 1 aromatic carbocycles. The minimum atomic E-state index is -0.00325. The highest BCUT2D eigenvalue weighted by molar-refractivity contribution is 7.15. The van der Waals surface area contributed by atoms with Crippen LogP contribution in [0.1, 0.15) is 40.8 Å². The summed E-state index contributed by atoms with van der Waals surface area (Å²) in [7, 11) is 0. The zero-order chi connectivity index (χ0) is 19.5. The van der Waals surface area contributed by atoms with Crippen LogP contribution >= 0.6 is 11.3 Å². The maximum absolute atomic E-state index is 12.9. The number of aryl methyl sites for hydroxylation is 2. The molecule has 3 heterocycles. The molecule has 7 heteroatoms. The Labute approximate surface area is 168 Å². The first-order valence-corrected chi connectivity index (χ1v) is 10.3. The molecule has 1 aliphatic heterocycles. The predicted molar refractivity (Wildman–Crippen MR) is 111 cm³/mol. The number of aromatic nitrogens is 3. The Kier molecular flexibility index (Phi) is 5.34. The normalized spacial score (nSPS) is 16.4. The summed E-state index contributed by atoms with van der Waals surface area (Å²) in [5.74, 6) is 1.56. The molecule has 1 saturated heterocycles. The smallest absolute Gasteiger partial charge is 0.227 e. The van der Waals surface area contributed by atoms with Crippen LogP contribution in [0.15, 0.2) is 42.6 Å². The second-order valence-corrected chi connectivity index (χ2v) is 8.27. The average molecular weight is 394 g/mol. The van der Waals surface area contributed by atoms with Gasteiger partial charge in [-0.15, -0.1) is 11.3 Å². The van der Waals surface area contributed by atoms with Gasteiger partial charge in [-0.3, -0.25) is 4.79 Å². The van der Waals surface area contributed by atoms with Gasteiger partial charge >= 0.3 is 0 Å². The Bertz CT molecular complexity index is 972. The van der Waals surface area contributed by atoms with Gasteiger partial charge in [0.05, 0.1) is 18.2 Å². The number of hydrogen-bond donors (Lipinski definition) is 1. The molecule has 1 aliphatic rings. The second-order valence-electron chi connectivity index (χ2n) is 7.03. The predicted octanol–water partition coefficient (Wildman–Crippen LogP) is 4.20. The van der Waals surface area contributed by atoms with Gasteiger partial charge < -0.3 is 10.2 Å². The summed E-state index contributed by atoms with van der Waals surface area (Å²) in [5.41, 5.74) is 1.93. The Hall–Kier alpha value is -2.80. The molecule has 0 aliphatic carbocycles. The molecule has 0 spiro atoms. The third-order valence-corrected chi connectivity index (χ3v) is 5.65. The lowest BCUT2D eigenvalue weighted by molar-refractivity contribution is -0.131. The fourth-order valence-electron chi connectivity index (χ4n) is 3.59. The van der Waals surface area contributed by atoms with Crippen molar-refractivity contribution < 1.29 is 4.79 Å². The number of benzene rings is 1. The molecule has 1 N–H and O–H groups in total. The van der Waals surface area contributed by atoms with Crippen LogP contribution in [-0.2, 0) is 11.2 Å². The molecule has 2 aromatic heterocycles. The zero-order valence-electron chi connectivity index (χ0n) is 16.1. The van der Waals surface area contributed by atoms with Crippen molar-refractivity contribution in [3.05, 3.63) is 64.6 Å². The lowest BCUT2D eigenvalue weighted by atomic mass is 10.1. The molecule has 4 rings (SSSR count). The molecule has 3 aromatic rings. The monoisotopic (exact) mass is 393 g/mol. The van der Waals surface area contributed by atoms with Crippen molar-refractivity contribution in [2.75, 3.05) is 11.9 Å². The van der Waals surface area contributed by atoms with Crippen molar-refractivity contribution >= 4 is 28.2 Å². The first kappa shape index (κ1) is 18.6. The number of hydrogen-bond acceptors (Lipinski definition) is 6. The molecule has 1 atom stereocenters. The third-order valence-electron chi connectivity index (χ3n) is 4.83. The topological polar surface area (TPSA) is 71.0 Å². The van der Waals surface area contributed by atoms with Crippen LogP contribution in [-0.4, -0.2) is 32.3 Å². The van der Waals surface area contributed by atoms with E-state index in [1.807, 2.05) is 61.3 Å². The summed E-state index contributed by atoms with van der Waals surface area (Å²) >= 11 is 1.59. The van der Waals surface area contributed by atoms with Crippen LogP contribution in [0.25, 0.3) is 0 Å². The molecule has 1 fully saturated rings. The molecule has 28 heavy (non-hydrogen) atoms. The Morgan fingerprint density at radius 2 is 2.07 bits per heavy atom. The maximum atomic E-state index is 12.9. The summed E-state index contributed by atoms with van der Waals surface area (Å²) in [6.07, 6.45) is 4.17. The first-order valence-electron chi connectivity index (χ1n) is 9.47. The van der Waals surface area contributed by atoms with Crippen LogP contribution in [0.4, 0.5) is 10.9 Å². The highest BCUT2D eigenvalue weighted by Crippen LogP contribution is 2.33. The van der Waals surface area contributed by atoms with Gasteiger partial charge in [0, 0.05) is 23.7 Å². The van der Waals surface area contributed by atoms with Gasteiger partial charge in [0.25, 0.3) is 0 Å². The number of carbonyl (C=O) groups is 1. The van der Waals surface area contributed by atoms with Crippen LogP contribution in [0.3, 0.4) is 0 Å². The van der Waals surface area contributed by atoms with Gasteiger partial charge in [0.1, 0.15) is 11.6 Å². The molecule has 144 valence electrons. The first-order chi connectivity index (χ1) is 13.6. The van der Waals surface area contributed by atoms with E-state index in [0.717, 1.165) is 46.5 Å². The summed E-state index contributed by atoms with van der Waals surface area (Å²) in [5, 5.41) is 4.08. The largest absolute Gasteiger partial charge is 0.334 e. The molecule has 6 nitrogen and oxygen atoms in total. The second kappa shape index (κ2) is 8.06. The van der Waals surface area contributed by atoms with E-state index in [0.29, 0.717) is 12.2 Å². The van der Waals surface area contributed by atoms with Gasteiger partial charge in [-0.2, -0.15) is 0 Å². The van der Waals surface area contributed by atoms with Crippen molar-refractivity contribution in [2.24, 2.45) is 0 Å². The van der Waals surface area contributed by atoms with Gasteiger partial charge in [0.15, 0.2) is 5.13 Å². The minimum absolute atomic E-state index is 0.00325. The molecule has 0 unspecified atom stereocenters. The molecular formula is C21H23N5OS. The molecule has 0 bridgehead atoms. The van der Waals surface area contributed by atoms with E-state index in [-0.39, 0.29) is 11.9 Å². The van der Waals surface area contributed by atoms with E-state index < -0.39 is 0 Å². The average Bonchev–Trinajstić information content (AvgIpc) is 3.31. The van der Waals surface area contributed by atoms with Gasteiger partial charge in [0.2, 0.25) is 5.91 Å². The molecule has 0 radical (unpaired) electrons. The standard InChI is InChI=1S/C21H23N5OS/c1-14-13-22-21(28-14)25-19-12-17(23-15(2)24-19)18-9-6-10-26(18)20(27)11-16-7-4-3-5-8-16/h3-5,7-8,12-13,18H,6,9-11H2,1-2H3,(H,22,23,24,25)/t18-/m1/s1. The summed E-state index contributed by atoms with van der Waals surface area (Å²) in [4.78, 5) is 29.5. The number of thiazole rings is 1. The number of nitrogens with one attached hydrogen (secondary N) is 1. The number of likely N-dealkylation sites (tertiary alicyclic amines) is 1. The Morgan fingerprint density at radius 1 is 1.25 bits per heavy atom. The number of rotatable bonds is 5.